The van der Waals surface area contributed by atoms with Crippen molar-refractivity contribution in [3.63, 3.8) is 0 Å². The number of amides is 1. The van der Waals surface area contributed by atoms with Crippen LogP contribution < -0.4 is 5.73 Å². The largest absolute Gasteiger partial charge is 0.368 e. The van der Waals surface area contributed by atoms with Crippen molar-refractivity contribution >= 4 is 5.91 Å². The highest BCUT2D eigenvalue weighted by Gasteiger charge is 2.30. The van der Waals surface area contributed by atoms with E-state index in [-0.39, 0.29) is 17.4 Å². The summed E-state index contributed by atoms with van der Waals surface area (Å²) in [5, 5.41) is 0. The molecule has 1 rings (SSSR count). The van der Waals surface area contributed by atoms with E-state index in [9.17, 15) is 4.79 Å². The van der Waals surface area contributed by atoms with Crippen molar-refractivity contribution in [2.24, 2.45) is 11.1 Å². The molecule has 0 aromatic carbocycles. The number of nitrogens with two attached hydrogens (primary N) is 1. The van der Waals surface area contributed by atoms with Gasteiger partial charge in [-0.1, -0.05) is 13.8 Å². The van der Waals surface area contributed by atoms with Crippen molar-refractivity contribution in [1.29, 1.82) is 0 Å². The normalized spacial score (nSPS) is 21.1. The van der Waals surface area contributed by atoms with E-state index >= 15 is 0 Å². The summed E-state index contributed by atoms with van der Waals surface area (Å²) in [6, 6.07) is 0. The quantitative estimate of drug-likeness (QED) is 0.763. The molecule has 0 unspecified atom stereocenters. The molecule has 1 saturated heterocycles. The van der Waals surface area contributed by atoms with E-state index in [1.165, 1.54) is 0 Å². The second-order valence-electron chi connectivity index (χ2n) is 5.22. The molecular weight excluding hydrogens is 204 g/mol. The Hall–Kier alpha value is -0.610. The molecule has 1 heterocycles. The Balaban J connectivity index is 2.56. The van der Waals surface area contributed by atoms with Crippen LogP contribution in [0.25, 0.3) is 0 Å². The number of likely N-dealkylation sites (N-methyl/N-ethyl adjacent to an activating group) is 1. The number of rotatable bonds is 5. The average Bonchev–Trinajstić information content (AvgIpc) is 2.78. The van der Waals surface area contributed by atoms with Crippen molar-refractivity contribution in [1.82, 2.24) is 4.90 Å². The molecule has 0 spiro atoms. The molecule has 1 amide bonds. The Labute approximate surface area is 98.1 Å². The molecule has 94 valence electrons. The van der Waals surface area contributed by atoms with Gasteiger partial charge in [-0.3, -0.25) is 4.79 Å². The summed E-state index contributed by atoms with van der Waals surface area (Å²) < 4.78 is 5.42. The van der Waals surface area contributed by atoms with E-state index in [0.29, 0.717) is 19.7 Å². The summed E-state index contributed by atoms with van der Waals surface area (Å²) in [5.41, 5.74) is 5.67. The average molecular weight is 228 g/mol. The maximum Gasteiger partial charge on any atom is 0.251 e. The number of carbonyl (C=O) groups excluding carboxylic acids is 1. The van der Waals surface area contributed by atoms with Crippen LogP contribution in [-0.2, 0) is 9.53 Å². The first-order valence-corrected chi connectivity index (χ1v) is 6.10. The van der Waals surface area contributed by atoms with Gasteiger partial charge in [0.2, 0.25) is 0 Å². The number of hydrogen-bond acceptors (Lipinski definition) is 3. The monoisotopic (exact) mass is 228 g/mol. The highest BCUT2D eigenvalue weighted by atomic mass is 16.5. The zero-order chi connectivity index (χ0) is 12.2. The third-order valence-electron chi connectivity index (χ3n) is 3.07. The van der Waals surface area contributed by atoms with Crippen LogP contribution in [0.1, 0.15) is 33.6 Å². The lowest BCUT2D eigenvalue weighted by atomic mass is 9.93. The Morgan fingerprint density at radius 1 is 1.56 bits per heavy atom. The van der Waals surface area contributed by atoms with E-state index < -0.39 is 0 Å². The van der Waals surface area contributed by atoms with E-state index in [1.807, 2.05) is 11.8 Å². The van der Waals surface area contributed by atoms with Gasteiger partial charge in [-0.05, 0) is 31.7 Å². The van der Waals surface area contributed by atoms with Crippen LogP contribution >= 0.6 is 0 Å². The molecule has 0 aromatic heterocycles. The van der Waals surface area contributed by atoms with Crippen molar-refractivity contribution in [2.75, 3.05) is 26.2 Å². The molecule has 1 aliphatic rings. The van der Waals surface area contributed by atoms with Gasteiger partial charge in [0, 0.05) is 19.7 Å². The molecule has 1 aliphatic heterocycles. The van der Waals surface area contributed by atoms with Gasteiger partial charge < -0.3 is 15.4 Å². The predicted octanol–water partition coefficient (Wildman–Crippen LogP) is 0.999. The van der Waals surface area contributed by atoms with E-state index in [4.69, 9.17) is 10.5 Å². The number of nitrogens with zero attached hydrogens (tertiary/aromatic N) is 1. The Kier molecular flexibility index (Phi) is 4.74. The standard InChI is InChI=1S/C12H24N2O2/c1-4-14(9-12(2,3)8-13)11(15)10-6-5-7-16-10/h10H,4-9,13H2,1-3H3/t10-/m0/s1. The molecule has 0 aliphatic carbocycles. The topological polar surface area (TPSA) is 55.6 Å². The van der Waals surface area contributed by atoms with Crippen molar-refractivity contribution in [3.05, 3.63) is 0 Å². The van der Waals surface area contributed by atoms with Gasteiger partial charge >= 0.3 is 0 Å². The number of ether oxygens (including phenoxy) is 1. The van der Waals surface area contributed by atoms with Gasteiger partial charge in [0.05, 0.1) is 0 Å². The maximum atomic E-state index is 12.1. The van der Waals surface area contributed by atoms with Gasteiger partial charge in [-0.25, -0.2) is 0 Å². The molecule has 16 heavy (non-hydrogen) atoms. The second-order valence-corrected chi connectivity index (χ2v) is 5.22. The van der Waals surface area contributed by atoms with E-state index in [1.54, 1.807) is 0 Å². The van der Waals surface area contributed by atoms with Crippen molar-refractivity contribution in [2.45, 2.75) is 39.7 Å². The molecule has 0 aromatic rings. The first-order chi connectivity index (χ1) is 7.50. The SMILES string of the molecule is CCN(CC(C)(C)CN)C(=O)[C@@H]1CCCO1. The second kappa shape index (κ2) is 5.64. The summed E-state index contributed by atoms with van der Waals surface area (Å²) in [4.78, 5) is 14.0. The number of hydrogen-bond donors (Lipinski definition) is 1. The van der Waals surface area contributed by atoms with E-state index in [0.717, 1.165) is 19.4 Å². The van der Waals surface area contributed by atoms with E-state index in [2.05, 4.69) is 13.8 Å². The highest BCUT2D eigenvalue weighted by Crippen LogP contribution is 2.19. The van der Waals surface area contributed by atoms with Crippen LogP contribution in [0.2, 0.25) is 0 Å². The summed E-state index contributed by atoms with van der Waals surface area (Å²) >= 11 is 0. The van der Waals surface area contributed by atoms with Gasteiger partial charge in [-0.15, -0.1) is 0 Å². The lowest BCUT2D eigenvalue weighted by Gasteiger charge is -2.32. The molecule has 0 bridgehead atoms. The predicted molar refractivity (Wildman–Crippen MR) is 64.1 cm³/mol. The summed E-state index contributed by atoms with van der Waals surface area (Å²) in [6.07, 6.45) is 1.64. The molecule has 0 radical (unpaired) electrons. The first kappa shape index (κ1) is 13.5. The van der Waals surface area contributed by atoms with Crippen LogP contribution in [0.5, 0.6) is 0 Å². The van der Waals surface area contributed by atoms with Gasteiger partial charge in [0.15, 0.2) is 0 Å². The summed E-state index contributed by atoms with van der Waals surface area (Å²) in [7, 11) is 0. The molecule has 0 saturated carbocycles. The molecule has 4 heteroatoms. The van der Waals surface area contributed by atoms with Crippen LogP contribution in [0, 0.1) is 5.41 Å². The van der Waals surface area contributed by atoms with Crippen molar-refractivity contribution in [3.8, 4) is 0 Å². The lowest BCUT2D eigenvalue weighted by molar-refractivity contribution is -0.142. The lowest BCUT2D eigenvalue weighted by Crippen LogP contribution is -2.45. The molecule has 1 atom stereocenters. The van der Waals surface area contributed by atoms with Crippen LogP contribution in [0.3, 0.4) is 0 Å². The smallest absolute Gasteiger partial charge is 0.251 e. The summed E-state index contributed by atoms with van der Waals surface area (Å²) in [5.74, 6) is 0.126. The fourth-order valence-corrected chi connectivity index (χ4v) is 1.90. The Morgan fingerprint density at radius 3 is 2.69 bits per heavy atom. The molecule has 2 N–H and O–H groups in total. The highest BCUT2D eigenvalue weighted by molar-refractivity contribution is 5.81. The zero-order valence-electron chi connectivity index (χ0n) is 10.7. The molecular formula is C12H24N2O2. The third-order valence-corrected chi connectivity index (χ3v) is 3.07. The minimum absolute atomic E-state index is 0.0235. The van der Waals surface area contributed by atoms with Gasteiger partial charge in [-0.2, -0.15) is 0 Å². The maximum absolute atomic E-state index is 12.1. The summed E-state index contributed by atoms with van der Waals surface area (Å²) in [6.45, 7) is 8.90. The fourth-order valence-electron chi connectivity index (χ4n) is 1.90. The van der Waals surface area contributed by atoms with Crippen LogP contribution in [-0.4, -0.2) is 43.2 Å². The zero-order valence-corrected chi connectivity index (χ0v) is 10.7. The first-order valence-electron chi connectivity index (χ1n) is 6.10. The fraction of sp³-hybridized carbons (Fsp3) is 0.917. The van der Waals surface area contributed by atoms with Crippen molar-refractivity contribution < 1.29 is 9.53 Å². The molecule has 1 fully saturated rings. The van der Waals surface area contributed by atoms with Gasteiger partial charge in [0.25, 0.3) is 5.91 Å². The minimum atomic E-state index is -0.214. The van der Waals surface area contributed by atoms with Crippen LogP contribution in [0.15, 0.2) is 0 Å². The third kappa shape index (κ3) is 3.46. The Morgan fingerprint density at radius 2 is 2.25 bits per heavy atom. The molecule has 4 nitrogen and oxygen atoms in total. The van der Waals surface area contributed by atoms with Crippen LogP contribution in [0.4, 0.5) is 0 Å². The minimum Gasteiger partial charge on any atom is -0.368 e. The Bertz CT molecular complexity index is 235. The number of carbonyl (C=O) groups is 1. The van der Waals surface area contributed by atoms with Gasteiger partial charge in [0.1, 0.15) is 6.10 Å².